The van der Waals surface area contributed by atoms with Crippen molar-refractivity contribution in [2.24, 2.45) is 0 Å². The fourth-order valence-corrected chi connectivity index (χ4v) is 4.23. The van der Waals surface area contributed by atoms with Crippen molar-refractivity contribution in [3.8, 4) is 16.9 Å². The Morgan fingerprint density at radius 3 is 2.55 bits per heavy atom. The number of halogens is 3. The predicted octanol–water partition coefficient (Wildman–Crippen LogP) is 6.45. The molecule has 0 radical (unpaired) electrons. The van der Waals surface area contributed by atoms with Crippen LogP contribution in [0.3, 0.4) is 0 Å². The average Bonchev–Trinajstić information content (AvgIpc) is 3.15. The van der Waals surface area contributed by atoms with Gasteiger partial charge in [0.25, 0.3) is 0 Å². The first-order chi connectivity index (χ1) is 14.9. The van der Waals surface area contributed by atoms with Gasteiger partial charge in [-0.15, -0.1) is 11.3 Å². The van der Waals surface area contributed by atoms with Crippen LogP contribution in [0.25, 0.3) is 11.1 Å². The number of hydrogen-bond acceptors (Lipinski definition) is 5. The van der Waals surface area contributed by atoms with Crippen LogP contribution in [0.4, 0.5) is 9.39 Å². The molecule has 9 heteroatoms. The molecule has 5 nitrogen and oxygen atoms in total. The van der Waals surface area contributed by atoms with E-state index in [4.69, 9.17) is 32.7 Å². The van der Waals surface area contributed by atoms with Gasteiger partial charge in [0.1, 0.15) is 22.1 Å². The fraction of sp³-hybridized carbons (Fsp3) is 0.182. The molecule has 3 rings (SSSR count). The van der Waals surface area contributed by atoms with Crippen molar-refractivity contribution in [2.75, 3.05) is 19.0 Å². The number of benzene rings is 2. The summed E-state index contributed by atoms with van der Waals surface area (Å²) < 4.78 is 23.7. The normalized spacial score (nSPS) is 10.6. The summed E-state index contributed by atoms with van der Waals surface area (Å²) in [5, 5.41) is 5.75. The summed E-state index contributed by atoms with van der Waals surface area (Å²) >= 11 is 13.1. The van der Waals surface area contributed by atoms with E-state index in [9.17, 15) is 14.0 Å². The quantitative estimate of drug-likeness (QED) is 0.296. The number of carbonyl (C=O) groups is 2. The zero-order valence-corrected chi connectivity index (χ0v) is 18.7. The Kier molecular flexibility index (Phi) is 7.90. The van der Waals surface area contributed by atoms with Crippen LogP contribution in [0.1, 0.15) is 23.2 Å². The second-order valence-corrected chi connectivity index (χ2v) is 8.15. The van der Waals surface area contributed by atoms with E-state index in [2.05, 4.69) is 5.32 Å². The highest BCUT2D eigenvalue weighted by Gasteiger charge is 2.22. The zero-order chi connectivity index (χ0) is 22.4. The van der Waals surface area contributed by atoms with E-state index < -0.39 is 5.97 Å². The van der Waals surface area contributed by atoms with Gasteiger partial charge in [0.2, 0.25) is 5.91 Å². The largest absolute Gasteiger partial charge is 0.492 e. The maximum atomic E-state index is 13.2. The number of carbonyl (C=O) groups excluding carboxylic acids is 2. The van der Waals surface area contributed by atoms with Gasteiger partial charge < -0.3 is 14.8 Å². The molecule has 0 atom stereocenters. The number of anilines is 1. The van der Waals surface area contributed by atoms with Crippen molar-refractivity contribution < 1.29 is 23.5 Å². The Bertz CT molecular complexity index is 1090. The molecule has 1 N–H and O–H groups in total. The minimum Gasteiger partial charge on any atom is -0.492 e. The van der Waals surface area contributed by atoms with Gasteiger partial charge >= 0.3 is 5.97 Å². The van der Waals surface area contributed by atoms with Crippen molar-refractivity contribution in [1.82, 2.24) is 0 Å². The fourth-order valence-electron chi connectivity index (χ4n) is 2.79. The first-order valence-corrected chi connectivity index (χ1v) is 10.9. The molecule has 162 valence electrons. The van der Waals surface area contributed by atoms with Crippen LogP contribution in [0.5, 0.6) is 5.75 Å². The third-order valence-electron chi connectivity index (χ3n) is 4.29. The number of nitrogens with one attached hydrogen (secondary N) is 1. The Hall–Kier alpha value is -2.61. The van der Waals surface area contributed by atoms with Gasteiger partial charge in [0.15, 0.2) is 0 Å². The van der Waals surface area contributed by atoms with Crippen LogP contribution in [-0.2, 0) is 9.53 Å². The van der Waals surface area contributed by atoms with Crippen molar-refractivity contribution in [3.05, 3.63) is 69.3 Å². The Morgan fingerprint density at radius 1 is 1.13 bits per heavy atom. The molecule has 0 aliphatic rings. The molecular weight excluding hydrogens is 464 g/mol. The third kappa shape index (κ3) is 5.97. The van der Waals surface area contributed by atoms with Crippen molar-refractivity contribution >= 4 is 51.4 Å². The molecule has 1 aromatic heterocycles. The number of esters is 1. The molecule has 0 saturated carbocycles. The van der Waals surface area contributed by atoms with Crippen LogP contribution < -0.4 is 10.1 Å². The highest BCUT2D eigenvalue weighted by atomic mass is 35.5. The second kappa shape index (κ2) is 10.6. The van der Waals surface area contributed by atoms with E-state index in [1.165, 1.54) is 30.6 Å². The van der Waals surface area contributed by atoms with Gasteiger partial charge in [-0.25, -0.2) is 9.18 Å². The monoisotopic (exact) mass is 481 g/mol. The van der Waals surface area contributed by atoms with Crippen LogP contribution in [-0.4, -0.2) is 25.6 Å². The van der Waals surface area contributed by atoms with Crippen molar-refractivity contribution in [1.29, 1.82) is 0 Å². The predicted molar refractivity (Wildman–Crippen MR) is 121 cm³/mol. The SMILES string of the molecule is COC(=O)c1c(-c2ccc(F)cc2)csc1NC(=O)CCCOc1ccc(Cl)cc1Cl. The molecule has 3 aromatic rings. The highest BCUT2D eigenvalue weighted by molar-refractivity contribution is 7.15. The average molecular weight is 482 g/mol. The molecule has 0 aliphatic carbocycles. The Morgan fingerprint density at radius 2 is 1.87 bits per heavy atom. The van der Waals surface area contributed by atoms with Gasteiger partial charge in [-0.3, -0.25) is 4.79 Å². The second-order valence-electron chi connectivity index (χ2n) is 6.43. The van der Waals surface area contributed by atoms with E-state index in [0.717, 1.165) is 0 Å². The maximum absolute atomic E-state index is 13.2. The first kappa shape index (κ1) is 23.1. The van der Waals surface area contributed by atoms with E-state index in [1.54, 1.807) is 35.7 Å². The van der Waals surface area contributed by atoms with Gasteiger partial charge in [-0.05, 0) is 42.3 Å². The summed E-state index contributed by atoms with van der Waals surface area (Å²) in [5.41, 5.74) is 1.44. The molecule has 0 fully saturated rings. The summed E-state index contributed by atoms with van der Waals surface area (Å²) in [6.45, 7) is 0.282. The number of hydrogen-bond donors (Lipinski definition) is 1. The molecule has 2 aromatic carbocycles. The topological polar surface area (TPSA) is 64.6 Å². The van der Waals surface area contributed by atoms with Gasteiger partial charge in [-0.2, -0.15) is 0 Å². The molecule has 0 spiro atoms. The first-order valence-electron chi connectivity index (χ1n) is 9.22. The van der Waals surface area contributed by atoms with Crippen LogP contribution in [0.2, 0.25) is 10.0 Å². The molecule has 31 heavy (non-hydrogen) atoms. The van der Waals surface area contributed by atoms with E-state index in [-0.39, 0.29) is 30.3 Å². The smallest absolute Gasteiger partial charge is 0.341 e. The molecule has 1 heterocycles. The van der Waals surface area contributed by atoms with Crippen LogP contribution in [0.15, 0.2) is 47.8 Å². The van der Waals surface area contributed by atoms with Gasteiger partial charge in [-0.1, -0.05) is 35.3 Å². The molecular formula is C22H18Cl2FNO4S. The van der Waals surface area contributed by atoms with Gasteiger partial charge in [0.05, 0.1) is 18.7 Å². The van der Waals surface area contributed by atoms with Crippen molar-refractivity contribution in [2.45, 2.75) is 12.8 Å². The number of rotatable bonds is 8. The zero-order valence-electron chi connectivity index (χ0n) is 16.4. The molecule has 0 unspecified atom stereocenters. The lowest BCUT2D eigenvalue weighted by Crippen LogP contribution is -2.15. The molecule has 0 aliphatic heterocycles. The summed E-state index contributed by atoms with van der Waals surface area (Å²) in [5.74, 6) is -0.754. The van der Waals surface area contributed by atoms with Crippen LogP contribution >= 0.6 is 34.5 Å². The summed E-state index contributed by atoms with van der Waals surface area (Å²) in [4.78, 5) is 24.7. The standard InChI is InChI=1S/C22H18Cl2FNO4S/c1-29-22(28)20-16(13-4-7-15(25)8-5-13)12-31-21(20)26-19(27)3-2-10-30-18-9-6-14(23)11-17(18)24/h4-9,11-12H,2-3,10H2,1H3,(H,26,27). The summed E-state index contributed by atoms with van der Waals surface area (Å²) in [7, 11) is 1.26. The summed E-state index contributed by atoms with van der Waals surface area (Å²) in [6, 6.07) is 10.6. The lowest BCUT2D eigenvalue weighted by molar-refractivity contribution is -0.116. The minimum atomic E-state index is -0.586. The lowest BCUT2D eigenvalue weighted by Gasteiger charge is -2.09. The number of thiophene rings is 1. The molecule has 1 amide bonds. The number of methoxy groups -OCH3 is 1. The minimum absolute atomic E-state index is 0.176. The van der Waals surface area contributed by atoms with E-state index in [1.807, 2.05) is 0 Å². The van der Waals surface area contributed by atoms with E-state index >= 15 is 0 Å². The maximum Gasteiger partial charge on any atom is 0.341 e. The third-order valence-corrected chi connectivity index (χ3v) is 5.71. The lowest BCUT2D eigenvalue weighted by atomic mass is 10.0. The van der Waals surface area contributed by atoms with Crippen molar-refractivity contribution in [3.63, 3.8) is 0 Å². The number of amides is 1. The number of ether oxygens (including phenoxy) is 2. The molecule has 0 bridgehead atoms. The highest BCUT2D eigenvalue weighted by Crippen LogP contribution is 2.36. The Labute approximate surface area is 192 Å². The summed E-state index contributed by atoms with van der Waals surface area (Å²) in [6.07, 6.45) is 0.615. The van der Waals surface area contributed by atoms with E-state index in [0.29, 0.717) is 38.3 Å². The Balaban J connectivity index is 1.62. The van der Waals surface area contributed by atoms with Crippen LogP contribution in [0, 0.1) is 5.82 Å². The van der Waals surface area contributed by atoms with Gasteiger partial charge in [0, 0.05) is 22.4 Å². The molecule has 0 saturated heterocycles.